The number of nitrogens with zero attached hydrogens (tertiary/aromatic N) is 7. The molecule has 2 N–H and O–H groups in total. The Morgan fingerprint density at radius 3 is 2.30 bits per heavy atom. The lowest BCUT2D eigenvalue weighted by atomic mass is 10.1. The van der Waals surface area contributed by atoms with Gasteiger partial charge in [-0.15, -0.1) is 20.4 Å². The Morgan fingerprint density at radius 1 is 0.775 bits per heavy atom. The van der Waals surface area contributed by atoms with Gasteiger partial charge in [0.2, 0.25) is 10.3 Å². The van der Waals surface area contributed by atoms with Crippen LogP contribution in [0.4, 0.5) is 43.0 Å². The highest BCUT2D eigenvalue weighted by molar-refractivity contribution is 7.19. The van der Waals surface area contributed by atoms with Crippen molar-refractivity contribution in [3.63, 3.8) is 0 Å². The van der Waals surface area contributed by atoms with Crippen molar-refractivity contribution < 1.29 is 0 Å². The number of hydrazine groups is 1. The van der Waals surface area contributed by atoms with Crippen LogP contribution in [0.25, 0.3) is 0 Å². The minimum Gasteiger partial charge on any atom is -0.363 e. The van der Waals surface area contributed by atoms with Gasteiger partial charge in [0.05, 0.1) is 16.4 Å². The summed E-state index contributed by atoms with van der Waals surface area (Å²) in [6, 6.07) is 16.9. The van der Waals surface area contributed by atoms with Gasteiger partial charge in [-0.2, -0.15) is 0 Å². The summed E-state index contributed by atoms with van der Waals surface area (Å²) in [5.41, 5.74) is 12.9. The van der Waals surface area contributed by atoms with Crippen LogP contribution in [0.3, 0.4) is 0 Å². The predicted molar refractivity (Wildman–Crippen MR) is 169 cm³/mol. The summed E-state index contributed by atoms with van der Waals surface area (Å²) >= 11 is 3.29. The van der Waals surface area contributed by atoms with Crippen LogP contribution in [-0.4, -0.2) is 43.4 Å². The van der Waals surface area contributed by atoms with Crippen LogP contribution in [0.1, 0.15) is 36.8 Å². The number of aromatic nitrogens is 2. The van der Waals surface area contributed by atoms with Gasteiger partial charge in [0.25, 0.3) is 0 Å². The molecule has 0 saturated carbocycles. The molecule has 208 valence electrons. The highest BCUT2D eigenvalue weighted by Gasteiger charge is 2.17. The number of aryl methyl sites for hydroxylation is 2. The monoisotopic (exact) mass is 573 g/mol. The molecular weight excluding hydrogens is 539 g/mol. The molecule has 40 heavy (non-hydrogen) atoms. The normalized spacial score (nSPS) is 15.4. The fraction of sp³-hybridized carbons (Fsp3) is 0.379. The second-order valence-electron chi connectivity index (χ2n) is 10.4. The van der Waals surface area contributed by atoms with Crippen molar-refractivity contribution in [1.82, 2.24) is 10.2 Å². The molecule has 9 nitrogen and oxygen atoms in total. The molecule has 2 saturated heterocycles. The average Bonchev–Trinajstić information content (AvgIpc) is 3.78. The maximum Gasteiger partial charge on any atom is 0.225 e. The van der Waals surface area contributed by atoms with E-state index >= 15 is 0 Å². The number of nitrogens with one attached hydrogen (secondary N) is 2. The average molecular weight is 574 g/mol. The lowest BCUT2D eigenvalue weighted by molar-refractivity contribution is 0.928. The van der Waals surface area contributed by atoms with Gasteiger partial charge in [0.1, 0.15) is 5.00 Å². The zero-order chi connectivity index (χ0) is 27.5. The van der Waals surface area contributed by atoms with Gasteiger partial charge in [0, 0.05) is 44.6 Å². The molecule has 6 rings (SSSR count). The minimum absolute atomic E-state index is 0.765. The smallest absolute Gasteiger partial charge is 0.225 e. The molecule has 0 unspecified atom stereocenters. The number of thiophene rings is 1. The Balaban J connectivity index is 1.08. The predicted octanol–water partition coefficient (Wildman–Crippen LogP) is 8.04. The third-order valence-electron chi connectivity index (χ3n) is 7.49. The molecule has 2 aromatic carbocycles. The first-order valence-electron chi connectivity index (χ1n) is 13.9. The van der Waals surface area contributed by atoms with Crippen molar-refractivity contribution in [3.8, 4) is 0 Å². The van der Waals surface area contributed by atoms with E-state index in [9.17, 15) is 0 Å². The Kier molecular flexibility index (Phi) is 7.83. The first kappa shape index (κ1) is 26.5. The quantitative estimate of drug-likeness (QED) is 0.155. The Bertz CT molecular complexity index is 1480. The van der Waals surface area contributed by atoms with Crippen LogP contribution in [0.5, 0.6) is 0 Å². The molecule has 2 aliphatic heterocycles. The number of benzene rings is 2. The van der Waals surface area contributed by atoms with Crippen LogP contribution in [-0.2, 0) is 0 Å². The lowest BCUT2D eigenvalue weighted by Gasteiger charge is -2.23. The molecule has 2 aromatic heterocycles. The van der Waals surface area contributed by atoms with Crippen LogP contribution < -0.4 is 25.6 Å². The summed E-state index contributed by atoms with van der Waals surface area (Å²) in [7, 11) is 2.09. The standard InChI is InChI=1S/C29H35N9S2/c1-20-19-23(9-10-24(20)31-33-28-34-35-29(40-28)38-16-6-7-17-38)36(3)25-11-8-22(18-21(25)2)30-32-26-12-13-27(39-26)37-14-4-5-15-37/h8-13,18-19,31H,4-7,14-17H2,1-3H3,(H,33,34)/b32-30+. The third-order valence-corrected chi connectivity index (χ3v) is 9.42. The van der Waals surface area contributed by atoms with E-state index in [0.29, 0.717) is 0 Å². The van der Waals surface area contributed by atoms with Gasteiger partial charge in [-0.3, -0.25) is 10.9 Å². The molecule has 0 bridgehead atoms. The van der Waals surface area contributed by atoms with Gasteiger partial charge in [-0.1, -0.05) is 22.7 Å². The lowest BCUT2D eigenvalue weighted by Crippen LogP contribution is -2.17. The molecule has 4 heterocycles. The summed E-state index contributed by atoms with van der Waals surface area (Å²) in [6.07, 6.45) is 5.00. The van der Waals surface area contributed by atoms with Crippen molar-refractivity contribution in [2.75, 3.05) is 58.8 Å². The summed E-state index contributed by atoms with van der Waals surface area (Å²) in [5.74, 6) is 0. The highest BCUT2D eigenvalue weighted by Crippen LogP contribution is 2.36. The number of hydrogen-bond acceptors (Lipinski definition) is 11. The molecule has 0 radical (unpaired) electrons. The summed E-state index contributed by atoms with van der Waals surface area (Å²) in [5, 5.41) is 21.6. The molecule has 2 fully saturated rings. The number of anilines is 6. The van der Waals surface area contributed by atoms with Crippen LogP contribution in [0.15, 0.2) is 58.8 Å². The molecule has 4 aromatic rings. The van der Waals surface area contributed by atoms with Crippen LogP contribution >= 0.6 is 22.7 Å². The largest absolute Gasteiger partial charge is 0.363 e. The minimum atomic E-state index is 0.765. The fourth-order valence-electron chi connectivity index (χ4n) is 5.22. The van der Waals surface area contributed by atoms with Gasteiger partial charge >= 0.3 is 0 Å². The molecule has 0 amide bonds. The van der Waals surface area contributed by atoms with Crippen molar-refractivity contribution in [2.24, 2.45) is 10.2 Å². The molecule has 11 heteroatoms. The van der Waals surface area contributed by atoms with Crippen molar-refractivity contribution in [2.45, 2.75) is 39.5 Å². The fourth-order valence-corrected chi connectivity index (χ4v) is 6.85. The molecule has 0 atom stereocenters. The van der Waals surface area contributed by atoms with Crippen LogP contribution in [0.2, 0.25) is 0 Å². The van der Waals surface area contributed by atoms with E-state index in [1.54, 1.807) is 22.7 Å². The second-order valence-corrected chi connectivity index (χ2v) is 12.4. The molecule has 0 aliphatic carbocycles. The first-order chi connectivity index (χ1) is 19.5. The van der Waals surface area contributed by atoms with Crippen molar-refractivity contribution in [3.05, 3.63) is 59.7 Å². The van der Waals surface area contributed by atoms with E-state index in [-0.39, 0.29) is 0 Å². The number of rotatable bonds is 9. The number of azo groups is 1. The second kappa shape index (κ2) is 11.8. The maximum atomic E-state index is 4.52. The van der Waals surface area contributed by atoms with Gasteiger partial charge in [0.15, 0.2) is 0 Å². The Labute approximate surface area is 243 Å². The van der Waals surface area contributed by atoms with Gasteiger partial charge < -0.3 is 14.7 Å². The summed E-state index contributed by atoms with van der Waals surface area (Å²) in [4.78, 5) is 6.93. The van der Waals surface area contributed by atoms with Crippen molar-refractivity contribution >= 4 is 65.7 Å². The van der Waals surface area contributed by atoms with E-state index in [1.165, 1.54) is 30.7 Å². The zero-order valence-corrected chi connectivity index (χ0v) is 24.9. The zero-order valence-electron chi connectivity index (χ0n) is 23.2. The summed E-state index contributed by atoms with van der Waals surface area (Å²) < 4.78 is 0. The summed E-state index contributed by atoms with van der Waals surface area (Å²) in [6.45, 7) is 8.64. The van der Waals surface area contributed by atoms with E-state index in [0.717, 1.165) is 75.3 Å². The molecule has 0 spiro atoms. The highest BCUT2D eigenvalue weighted by atomic mass is 32.1. The topological polar surface area (TPSA) is 84.3 Å². The van der Waals surface area contributed by atoms with E-state index < -0.39 is 0 Å². The van der Waals surface area contributed by atoms with Crippen molar-refractivity contribution in [1.29, 1.82) is 0 Å². The van der Waals surface area contributed by atoms with E-state index in [1.807, 2.05) is 6.07 Å². The first-order valence-corrected chi connectivity index (χ1v) is 15.5. The Morgan fingerprint density at radius 2 is 1.55 bits per heavy atom. The SMILES string of the molecule is Cc1cc(N(C)c2ccc(/N=N/c3ccc(N4CCCC4)s3)cc2C)ccc1NNc1nnc(N2CCCC2)s1. The molecule has 2 aliphatic rings. The Hall–Kier alpha value is -3.70. The van der Waals surface area contributed by atoms with Gasteiger partial charge in [-0.05, 0) is 99.2 Å². The third kappa shape index (κ3) is 5.90. The molecular formula is C29H35N9S2. The van der Waals surface area contributed by atoms with E-state index in [2.05, 4.69) is 109 Å². The number of hydrogen-bond donors (Lipinski definition) is 2. The maximum absolute atomic E-state index is 4.52. The van der Waals surface area contributed by atoms with Gasteiger partial charge in [-0.25, -0.2) is 0 Å². The van der Waals surface area contributed by atoms with E-state index in [4.69, 9.17) is 0 Å². The van der Waals surface area contributed by atoms with Crippen LogP contribution in [0, 0.1) is 13.8 Å².